The van der Waals surface area contributed by atoms with E-state index < -0.39 is 11.4 Å². The lowest BCUT2D eigenvalue weighted by Crippen LogP contribution is -2.38. The molecule has 2 aromatic heterocycles. The number of aromatic nitrogens is 3. The molecule has 5 nitrogen and oxygen atoms in total. The fourth-order valence-corrected chi connectivity index (χ4v) is 3.69. The van der Waals surface area contributed by atoms with Crippen molar-refractivity contribution in [1.82, 2.24) is 14.8 Å². The number of hydrogen-bond acceptors (Lipinski definition) is 3. The molecule has 132 valence electrons. The minimum atomic E-state index is -0.572. The summed E-state index contributed by atoms with van der Waals surface area (Å²) < 4.78 is 14.8. The predicted octanol–water partition coefficient (Wildman–Crippen LogP) is 3.86. The average Bonchev–Trinajstić information content (AvgIpc) is 3.33. The Kier molecular flexibility index (Phi) is 4.24. The van der Waals surface area contributed by atoms with Gasteiger partial charge in [0.1, 0.15) is 0 Å². The standard InChI is InChI=1S/C20H19FN4O/c21-17-14-16(8-12-22-17)25-13-9-18(24-25)23-19(26)20(10-4-5-11-20)15-6-2-1-3-7-15/h1-3,6-9,12-14H,4-5,10-11H2,(H,23,24,26). The van der Waals surface area contributed by atoms with Crippen LogP contribution in [0.25, 0.3) is 5.69 Å². The van der Waals surface area contributed by atoms with E-state index in [4.69, 9.17) is 0 Å². The molecule has 1 aliphatic rings. The second kappa shape index (κ2) is 6.71. The summed E-state index contributed by atoms with van der Waals surface area (Å²) in [4.78, 5) is 16.6. The van der Waals surface area contributed by atoms with Crippen molar-refractivity contribution >= 4 is 11.7 Å². The van der Waals surface area contributed by atoms with Gasteiger partial charge in [-0.25, -0.2) is 9.67 Å². The molecule has 0 radical (unpaired) electrons. The van der Waals surface area contributed by atoms with Crippen LogP contribution < -0.4 is 5.32 Å². The van der Waals surface area contributed by atoms with E-state index in [2.05, 4.69) is 15.4 Å². The number of anilines is 1. The Labute approximate surface area is 150 Å². The highest BCUT2D eigenvalue weighted by Crippen LogP contribution is 2.41. The van der Waals surface area contributed by atoms with Gasteiger partial charge in [0.15, 0.2) is 5.82 Å². The summed E-state index contributed by atoms with van der Waals surface area (Å²) in [5, 5.41) is 7.30. The van der Waals surface area contributed by atoms with E-state index >= 15 is 0 Å². The second-order valence-corrected chi connectivity index (χ2v) is 6.59. The van der Waals surface area contributed by atoms with Crippen LogP contribution in [-0.2, 0) is 10.2 Å². The van der Waals surface area contributed by atoms with Crippen LogP contribution in [0.15, 0.2) is 60.9 Å². The lowest BCUT2D eigenvalue weighted by Gasteiger charge is -2.27. The molecule has 0 aliphatic heterocycles. The van der Waals surface area contributed by atoms with E-state index in [1.807, 2.05) is 30.3 Å². The summed E-state index contributed by atoms with van der Waals surface area (Å²) in [5.74, 6) is -0.153. The first kappa shape index (κ1) is 16.4. The van der Waals surface area contributed by atoms with E-state index in [1.165, 1.54) is 16.9 Å². The molecule has 1 N–H and O–H groups in total. The Balaban J connectivity index is 1.58. The van der Waals surface area contributed by atoms with Gasteiger partial charge < -0.3 is 5.32 Å². The summed E-state index contributed by atoms with van der Waals surface area (Å²) >= 11 is 0. The highest BCUT2D eigenvalue weighted by atomic mass is 19.1. The maximum Gasteiger partial charge on any atom is 0.236 e. The normalized spacial score (nSPS) is 15.7. The third-order valence-electron chi connectivity index (χ3n) is 5.02. The van der Waals surface area contributed by atoms with Crippen molar-refractivity contribution in [1.29, 1.82) is 0 Å². The predicted molar refractivity (Wildman–Crippen MR) is 96.5 cm³/mol. The molecule has 0 unspecified atom stereocenters. The number of carbonyl (C=O) groups excluding carboxylic acids is 1. The Hall–Kier alpha value is -3.02. The van der Waals surface area contributed by atoms with Crippen molar-refractivity contribution in [2.24, 2.45) is 0 Å². The first-order chi connectivity index (χ1) is 12.7. The number of carbonyl (C=O) groups is 1. The number of nitrogens with zero attached hydrogens (tertiary/aromatic N) is 3. The molecular formula is C20H19FN4O. The fraction of sp³-hybridized carbons (Fsp3) is 0.250. The lowest BCUT2D eigenvalue weighted by molar-refractivity contribution is -0.121. The van der Waals surface area contributed by atoms with Gasteiger partial charge in [0.25, 0.3) is 0 Å². The number of nitrogens with one attached hydrogen (secondary N) is 1. The van der Waals surface area contributed by atoms with Gasteiger partial charge in [0, 0.05) is 24.5 Å². The van der Waals surface area contributed by atoms with Gasteiger partial charge in [0.05, 0.1) is 11.1 Å². The van der Waals surface area contributed by atoms with Crippen LogP contribution in [0.3, 0.4) is 0 Å². The molecule has 0 bridgehead atoms. The van der Waals surface area contributed by atoms with Crippen molar-refractivity contribution in [3.63, 3.8) is 0 Å². The molecular weight excluding hydrogens is 331 g/mol. The largest absolute Gasteiger partial charge is 0.308 e. The molecule has 1 amide bonds. The van der Waals surface area contributed by atoms with Gasteiger partial charge in [-0.15, -0.1) is 0 Å². The minimum absolute atomic E-state index is 0.0349. The highest BCUT2D eigenvalue weighted by Gasteiger charge is 2.42. The first-order valence-corrected chi connectivity index (χ1v) is 8.72. The maximum absolute atomic E-state index is 13.3. The van der Waals surface area contributed by atoms with Gasteiger partial charge in [-0.2, -0.15) is 9.49 Å². The average molecular weight is 350 g/mol. The Morgan fingerprint density at radius 1 is 1.12 bits per heavy atom. The van der Waals surface area contributed by atoms with Crippen molar-refractivity contribution in [3.8, 4) is 5.69 Å². The van der Waals surface area contributed by atoms with Gasteiger partial charge in [-0.1, -0.05) is 43.2 Å². The minimum Gasteiger partial charge on any atom is -0.308 e. The molecule has 0 atom stereocenters. The summed E-state index contributed by atoms with van der Waals surface area (Å²) in [6.07, 6.45) is 6.81. The van der Waals surface area contributed by atoms with Crippen molar-refractivity contribution in [2.45, 2.75) is 31.1 Å². The molecule has 6 heteroatoms. The summed E-state index contributed by atoms with van der Waals surface area (Å²) in [7, 11) is 0. The molecule has 3 aromatic rings. The van der Waals surface area contributed by atoms with E-state index in [0.717, 1.165) is 31.2 Å². The van der Waals surface area contributed by atoms with Gasteiger partial charge in [-0.3, -0.25) is 4.79 Å². The smallest absolute Gasteiger partial charge is 0.236 e. The third kappa shape index (κ3) is 2.98. The number of hydrogen-bond donors (Lipinski definition) is 1. The molecule has 1 aromatic carbocycles. The third-order valence-corrected chi connectivity index (χ3v) is 5.02. The number of rotatable bonds is 4. The quantitative estimate of drug-likeness (QED) is 0.727. The van der Waals surface area contributed by atoms with Crippen LogP contribution in [0.5, 0.6) is 0 Å². The topological polar surface area (TPSA) is 59.8 Å². The number of halogens is 1. The van der Waals surface area contributed by atoms with Gasteiger partial charge in [-0.05, 0) is 24.5 Å². The van der Waals surface area contributed by atoms with E-state index in [-0.39, 0.29) is 5.91 Å². The number of benzene rings is 1. The second-order valence-electron chi connectivity index (χ2n) is 6.59. The van der Waals surface area contributed by atoms with Crippen molar-refractivity contribution in [3.05, 3.63) is 72.4 Å². The monoisotopic (exact) mass is 350 g/mol. The molecule has 26 heavy (non-hydrogen) atoms. The summed E-state index contributed by atoms with van der Waals surface area (Å²) in [5.41, 5.74) is 1.09. The van der Waals surface area contributed by atoms with Gasteiger partial charge >= 0.3 is 0 Å². The zero-order valence-corrected chi connectivity index (χ0v) is 14.2. The first-order valence-electron chi connectivity index (χ1n) is 8.72. The van der Waals surface area contributed by atoms with E-state index in [9.17, 15) is 9.18 Å². The van der Waals surface area contributed by atoms with Crippen molar-refractivity contribution in [2.75, 3.05) is 5.32 Å². The molecule has 4 rings (SSSR count). The molecule has 1 aliphatic carbocycles. The SMILES string of the molecule is O=C(Nc1ccn(-c2ccnc(F)c2)n1)C1(c2ccccc2)CCCC1. The summed E-state index contributed by atoms with van der Waals surface area (Å²) in [6.45, 7) is 0. The van der Waals surface area contributed by atoms with Gasteiger partial charge in [0.2, 0.25) is 11.9 Å². The van der Waals surface area contributed by atoms with Crippen LogP contribution in [-0.4, -0.2) is 20.7 Å². The number of pyridine rings is 1. The Bertz CT molecular complexity index is 916. The van der Waals surface area contributed by atoms with Crippen molar-refractivity contribution < 1.29 is 9.18 Å². The van der Waals surface area contributed by atoms with Crippen LogP contribution in [0.1, 0.15) is 31.2 Å². The lowest BCUT2D eigenvalue weighted by atomic mass is 9.78. The zero-order chi connectivity index (χ0) is 18.0. The molecule has 1 saturated carbocycles. The van der Waals surface area contributed by atoms with Crippen LogP contribution in [0.4, 0.5) is 10.2 Å². The Morgan fingerprint density at radius 2 is 1.88 bits per heavy atom. The molecule has 2 heterocycles. The summed E-state index contributed by atoms with van der Waals surface area (Å²) in [6, 6.07) is 14.6. The van der Waals surface area contributed by atoms with Crippen LogP contribution in [0.2, 0.25) is 0 Å². The molecule has 1 fully saturated rings. The maximum atomic E-state index is 13.3. The van der Waals surface area contributed by atoms with Crippen LogP contribution in [0, 0.1) is 5.95 Å². The Morgan fingerprint density at radius 3 is 2.62 bits per heavy atom. The van der Waals surface area contributed by atoms with E-state index in [0.29, 0.717) is 11.5 Å². The fourth-order valence-electron chi connectivity index (χ4n) is 3.69. The van der Waals surface area contributed by atoms with E-state index in [1.54, 1.807) is 18.3 Å². The zero-order valence-electron chi connectivity index (χ0n) is 14.2. The van der Waals surface area contributed by atoms with Crippen LogP contribution >= 0.6 is 0 Å². The molecule has 0 spiro atoms. The highest BCUT2D eigenvalue weighted by molar-refractivity contribution is 5.98. The number of amides is 1. The molecule has 0 saturated heterocycles.